The standard InChI is InChI=1S/C24H30N4O3.HI/c1-4-30-22-15-18(12-13-21(22)29-3)9-8-14-26-24(25-2)27-16-20-17-31-23(28-20)19-10-6-5-7-11-19;/h5-7,10-13,15,17H,4,8-9,14,16H2,1-3H3,(H2,25,26,27);1H. The van der Waals surface area contributed by atoms with Gasteiger partial charge in [0.05, 0.1) is 26.0 Å². The first-order valence-electron chi connectivity index (χ1n) is 10.5. The topological polar surface area (TPSA) is 80.9 Å². The first-order valence-corrected chi connectivity index (χ1v) is 10.5. The molecule has 0 atom stereocenters. The summed E-state index contributed by atoms with van der Waals surface area (Å²) >= 11 is 0. The quantitative estimate of drug-likeness (QED) is 0.165. The highest BCUT2D eigenvalue weighted by Gasteiger charge is 2.08. The van der Waals surface area contributed by atoms with E-state index in [2.05, 4.69) is 26.7 Å². The zero-order chi connectivity index (χ0) is 21.9. The number of nitrogens with zero attached hydrogens (tertiary/aromatic N) is 2. The van der Waals surface area contributed by atoms with E-state index < -0.39 is 0 Å². The molecule has 7 nitrogen and oxygen atoms in total. The van der Waals surface area contributed by atoms with E-state index in [1.165, 1.54) is 5.56 Å². The van der Waals surface area contributed by atoms with Crippen LogP contribution in [0.3, 0.4) is 0 Å². The molecule has 172 valence electrons. The number of hydrogen-bond donors (Lipinski definition) is 2. The number of ether oxygens (including phenoxy) is 2. The monoisotopic (exact) mass is 550 g/mol. The molecule has 0 aliphatic heterocycles. The number of aliphatic imine (C=N–C) groups is 1. The highest BCUT2D eigenvalue weighted by atomic mass is 127. The van der Waals surface area contributed by atoms with Crippen LogP contribution in [-0.2, 0) is 13.0 Å². The fraction of sp³-hybridized carbons (Fsp3) is 0.333. The smallest absolute Gasteiger partial charge is 0.226 e. The van der Waals surface area contributed by atoms with Gasteiger partial charge in [0.15, 0.2) is 17.5 Å². The van der Waals surface area contributed by atoms with Crippen LogP contribution in [0.5, 0.6) is 11.5 Å². The van der Waals surface area contributed by atoms with Gasteiger partial charge in [-0.1, -0.05) is 24.3 Å². The summed E-state index contributed by atoms with van der Waals surface area (Å²) < 4.78 is 16.6. The summed E-state index contributed by atoms with van der Waals surface area (Å²) in [5, 5.41) is 6.61. The number of halogens is 1. The van der Waals surface area contributed by atoms with Crippen LogP contribution >= 0.6 is 24.0 Å². The average molecular weight is 550 g/mol. The van der Waals surface area contributed by atoms with Crippen molar-refractivity contribution in [1.82, 2.24) is 15.6 Å². The molecule has 0 saturated carbocycles. The van der Waals surface area contributed by atoms with Crippen LogP contribution in [0.1, 0.15) is 24.6 Å². The third-order valence-electron chi connectivity index (χ3n) is 4.70. The Balaban J connectivity index is 0.00000363. The minimum Gasteiger partial charge on any atom is -0.493 e. The van der Waals surface area contributed by atoms with Gasteiger partial charge in [0.25, 0.3) is 0 Å². The van der Waals surface area contributed by atoms with Gasteiger partial charge in [-0.25, -0.2) is 4.98 Å². The summed E-state index contributed by atoms with van der Waals surface area (Å²) in [5.74, 6) is 2.90. The van der Waals surface area contributed by atoms with E-state index in [4.69, 9.17) is 13.9 Å². The molecule has 32 heavy (non-hydrogen) atoms. The average Bonchev–Trinajstić information content (AvgIpc) is 3.29. The van der Waals surface area contributed by atoms with Crippen molar-refractivity contribution in [3.63, 3.8) is 0 Å². The predicted molar refractivity (Wildman–Crippen MR) is 138 cm³/mol. The van der Waals surface area contributed by atoms with Crippen molar-refractivity contribution in [3.8, 4) is 23.0 Å². The Hall–Kier alpha value is -2.75. The lowest BCUT2D eigenvalue weighted by molar-refractivity contribution is 0.310. The number of benzene rings is 2. The Morgan fingerprint density at radius 1 is 1.09 bits per heavy atom. The molecule has 2 aromatic carbocycles. The SMILES string of the molecule is CCOc1cc(CCCNC(=NC)NCc2coc(-c3ccccc3)n2)ccc1OC.I. The van der Waals surface area contributed by atoms with Crippen LogP contribution < -0.4 is 20.1 Å². The van der Waals surface area contributed by atoms with Gasteiger partial charge in [-0.3, -0.25) is 4.99 Å². The van der Waals surface area contributed by atoms with E-state index >= 15 is 0 Å². The first-order chi connectivity index (χ1) is 15.2. The van der Waals surface area contributed by atoms with Crippen molar-refractivity contribution in [3.05, 3.63) is 66.1 Å². The molecule has 0 amide bonds. The van der Waals surface area contributed by atoms with Gasteiger partial charge in [0.2, 0.25) is 5.89 Å². The summed E-state index contributed by atoms with van der Waals surface area (Å²) in [4.78, 5) is 8.80. The van der Waals surface area contributed by atoms with Crippen LogP contribution in [0.4, 0.5) is 0 Å². The molecule has 0 fully saturated rings. The van der Waals surface area contributed by atoms with Crippen LogP contribution in [0.25, 0.3) is 11.5 Å². The van der Waals surface area contributed by atoms with Crippen LogP contribution in [0.2, 0.25) is 0 Å². The number of methoxy groups -OCH3 is 1. The minimum atomic E-state index is 0. The Bertz CT molecular complexity index is 976. The molecule has 0 bridgehead atoms. The molecule has 0 saturated heterocycles. The molecule has 1 aromatic heterocycles. The molecule has 1 heterocycles. The second-order valence-corrected chi connectivity index (χ2v) is 6.88. The highest BCUT2D eigenvalue weighted by Crippen LogP contribution is 2.28. The zero-order valence-corrected chi connectivity index (χ0v) is 21.1. The van der Waals surface area contributed by atoms with Gasteiger partial charge >= 0.3 is 0 Å². The lowest BCUT2D eigenvalue weighted by Gasteiger charge is -2.12. The van der Waals surface area contributed by atoms with E-state index in [0.717, 1.165) is 48.1 Å². The summed E-state index contributed by atoms with van der Waals surface area (Å²) in [7, 11) is 3.41. The molecular weight excluding hydrogens is 519 g/mol. The maximum atomic E-state index is 5.65. The molecule has 0 aliphatic carbocycles. The Morgan fingerprint density at radius 3 is 2.62 bits per heavy atom. The lowest BCUT2D eigenvalue weighted by Crippen LogP contribution is -2.37. The maximum absolute atomic E-state index is 5.65. The number of aryl methyl sites for hydroxylation is 1. The summed E-state index contributed by atoms with van der Waals surface area (Å²) in [6, 6.07) is 15.9. The van der Waals surface area contributed by atoms with E-state index in [1.807, 2.05) is 49.4 Å². The Labute approximate surface area is 206 Å². The fourth-order valence-corrected chi connectivity index (χ4v) is 3.14. The van der Waals surface area contributed by atoms with Gasteiger partial charge in [0.1, 0.15) is 6.26 Å². The van der Waals surface area contributed by atoms with E-state index in [0.29, 0.717) is 19.0 Å². The van der Waals surface area contributed by atoms with E-state index in [1.54, 1.807) is 20.4 Å². The molecule has 3 rings (SSSR count). The number of hydrogen-bond acceptors (Lipinski definition) is 5. The summed E-state index contributed by atoms with van der Waals surface area (Å²) in [6.45, 7) is 3.91. The molecule has 0 unspecified atom stereocenters. The maximum Gasteiger partial charge on any atom is 0.226 e. The second kappa shape index (κ2) is 13.6. The van der Waals surface area contributed by atoms with Gasteiger partial charge in [-0.15, -0.1) is 24.0 Å². The minimum absolute atomic E-state index is 0. The summed E-state index contributed by atoms with van der Waals surface area (Å²) in [5.41, 5.74) is 3.00. The molecule has 8 heteroatoms. The Kier molecular flexibility index (Phi) is 10.9. The largest absolute Gasteiger partial charge is 0.493 e. The third kappa shape index (κ3) is 7.44. The molecule has 0 spiro atoms. The van der Waals surface area contributed by atoms with Crippen LogP contribution in [0.15, 0.2) is 64.2 Å². The van der Waals surface area contributed by atoms with Crippen molar-refractivity contribution in [2.24, 2.45) is 4.99 Å². The van der Waals surface area contributed by atoms with E-state index in [-0.39, 0.29) is 24.0 Å². The summed E-state index contributed by atoms with van der Waals surface area (Å²) in [6.07, 6.45) is 3.56. The molecule has 3 aromatic rings. The highest BCUT2D eigenvalue weighted by molar-refractivity contribution is 14.0. The predicted octanol–water partition coefficient (Wildman–Crippen LogP) is 4.66. The van der Waals surface area contributed by atoms with Gasteiger partial charge in [0, 0.05) is 19.2 Å². The fourth-order valence-electron chi connectivity index (χ4n) is 3.14. The van der Waals surface area contributed by atoms with Crippen LogP contribution in [-0.4, -0.2) is 38.3 Å². The molecule has 0 radical (unpaired) electrons. The van der Waals surface area contributed by atoms with Crippen LogP contribution in [0, 0.1) is 0 Å². The van der Waals surface area contributed by atoms with Crippen molar-refractivity contribution >= 4 is 29.9 Å². The molecule has 2 N–H and O–H groups in total. The molecular formula is C24H31IN4O3. The van der Waals surface area contributed by atoms with Gasteiger partial charge in [-0.05, 0) is 49.6 Å². The van der Waals surface area contributed by atoms with Crippen molar-refractivity contribution in [1.29, 1.82) is 0 Å². The van der Waals surface area contributed by atoms with Crippen molar-refractivity contribution in [2.45, 2.75) is 26.3 Å². The zero-order valence-electron chi connectivity index (χ0n) is 18.8. The molecule has 0 aliphatic rings. The Morgan fingerprint density at radius 2 is 1.91 bits per heavy atom. The number of nitrogens with one attached hydrogen (secondary N) is 2. The lowest BCUT2D eigenvalue weighted by atomic mass is 10.1. The second-order valence-electron chi connectivity index (χ2n) is 6.88. The van der Waals surface area contributed by atoms with Gasteiger partial charge in [-0.2, -0.15) is 0 Å². The van der Waals surface area contributed by atoms with Gasteiger partial charge < -0.3 is 24.5 Å². The van der Waals surface area contributed by atoms with E-state index in [9.17, 15) is 0 Å². The number of aromatic nitrogens is 1. The third-order valence-corrected chi connectivity index (χ3v) is 4.70. The number of guanidine groups is 1. The first kappa shape index (κ1) is 25.5. The van der Waals surface area contributed by atoms with Crippen molar-refractivity contribution in [2.75, 3.05) is 27.3 Å². The normalized spacial score (nSPS) is 10.9. The number of oxazole rings is 1. The van der Waals surface area contributed by atoms with Crippen molar-refractivity contribution < 1.29 is 13.9 Å². The number of rotatable bonds is 10.